The van der Waals surface area contributed by atoms with E-state index in [4.69, 9.17) is 27.7 Å². The van der Waals surface area contributed by atoms with E-state index in [2.05, 4.69) is 15.8 Å². The van der Waals surface area contributed by atoms with Crippen LogP contribution in [0.3, 0.4) is 0 Å². The van der Waals surface area contributed by atoms with Gasteiger partial charge in [-0.15, -0.1) is 0 Å². The highest BCUT2D eigenvalue weighted by Crippen LogP contribution is 2.32. The summed E-state index contributed by atoms with van der Waals surface area (Å²) in [7, 11) is 0. The van der Waals surface area contributed by atoms with Crippen molar-refractivity contribution in [2.75, 3.05) is 10.6 Å². The van der Waals surface area contributed by atoms with Crippen LogP contribution in [0, 0.1) is 18.8 Å². The fourth-order valence-electron chi connectivity index (χ4n) is 3.10. The summed E-state index contributed by atoms with van der Waals surface area (Å²) in [6.07, 6.45) is 2.56. The molecule has 0 aliphatic heterocycles. The van der Waals surface area contributed by atoms with Crippen LogP contribution in [0.4, 0.5) is 11.5 Å². The molecular formula is C18H19Cl2N3O3. The van der Waals surface area contributed by atoms with Crippen LogP contribution in [0.15, 0.2) is 28.8 Å². The van der Waals surface area contributed by atoms with Gasteiger partial charge in [0.1, 0.15) is 5.76 Å². The molecule has 0 bridgehead atoms. The number of benzene rings is 1. The molecule has 0 saturated heterocycles. The van der Waals surface area contributed by atoms with Gasteiger partial charge in [0.2, 0.25) is 11.8 Å². The molecule has 1 aliphatic rings. The van der Waals surface area contributed by atoms with Crippen molar-refractivity contribution in [2.45, 2.75) is 32.6 Å². The third-order valence-electron chi connectivity index (χ3n) is 4.53. The van der Waals surface area contributed by atoms with Crippen LogP contribution in [0.25, 0.3) is 0 Å². The number of anilines is 2. The third-order valence-corrected chi connectivity index (χ3v) is 5.10. The van der Waals surface area contributed by atoms with Gasteiger partial charge in [-0.25, -0.2) is 0 Å². The van der Waals surface area contributed by atoms with E-state index < -0.39 is 0 Å². The molecule has 8 heteroatoms. The van der Waals surface area contributed by atoms with Gasteiger partial charge in [-0.3, -0.25) is 9.59 Å². The average Bonchev–Trinajstić information content (AvgIpc) is 3.03. The summed E-state index contributed by atoms with van der Waals surface area (Å²) in [5, 5.41) is 10.3. The zero-order valence-corrected chi connectivity index (χ0v) is 15.7. The first-order valence-corrected chi connectivity index (χ1v) is 9.18. The summed E-state index contributed by atoms with van der Waals surface area (Å²) in [6, 6.07) is 6.61. The lowest BCUT2D eigenvalue weighted by Crippen LogP contribution is -2.32. The number of carbonyl (C=O) groups excluding carboxylic acids is 2. The van der Waals surface area contributed by atoms with Gasteiger partial charge in [0.05, 0.1) is 10.7 Å². The molecule has 1 heterocycles. The number of halogens is 2. The standard InChI is InChI=1S/C18H19Cl2N3O3/c1-10-8-16(23-26-10)22-18(25)12-4-2-11(3-5-12)17(24)21-15-9-13(19)6-7-14(15)20/h6-9,11-12H,2-5H2,1H3,(H,21,24)(H,22,23,25). The minimum Gasteiger partial charge on any atom is -0.360 e. The van der Waals surface area contributed by atoms with Gasteiger partial charge in [0.15, 0.2) is 5.82 Å². The molecule has 1 saturated carbocycles. The topological polar surface area (TPSA) is 84.2 Å². The fraction of sp³-hybridized carbons (Fsp3) is 0.389. The van der Waals surface area contributed by atoms with Crippen LogP contribution in [0.2, 0.25) is 10.0 Å². The van der Waals surface area contributed by atoms with Gasteiger partial charge < -0.3 is 15.2 Å². The summed E-state index contributed by atoms with van der Waals surface area (Å²) in [4.78, 5) is 24.8. The van der Waals surface area contributed by atoms with Gasteiger partial charge in [-0.2, -0.15) is 0 Å². The van der Waals surface area contributed by atoms with Gasteiger partial charge in [0.25, 0.3) is 0 Å². The molecule has 1 aromatic carbocycles. The highest BCUT2D eigenvalue weighted by molar-refractivity contribution is 6.35. The summed E-state index contributed by atoms with van der Waals surface area (Å²) >= 11 is 12.0. The zero-order valence-electron chi connectivity index (χ0n) is 14.2. The Morgan fingerprint density at radius 3 is 2.23 bits per heavy atom. The molecule has 3 rings (SSSR count). The molecule has 0 spiro atoms. The lowest BCUT2D eigenvalue weighted by atomic mass is 9.81. The predicted octanol–water partition coefficient (Wildman–Crippen LogP) is 4.67. The number of nitrogens with one attached hydrogen (secondary N) is 2. The minimum atomic E-state index is -0.150. The summed E-state index contributed by atoms with van der Waals surface area (Å²) in [6.45, 7) is 1.76. The Morgan fingerprint density at radius 1 is 1.04 bits per heavy atom. The molecule has 1 aromatic heterocycles. The molecule has 0 radical (unpaired) electrons. The maximum atomic E-state index is 12.5. The number of nitrogens with zero attached hydrogens (tertiary/aromatic N) is 1. The average molecular weight is 396 g/mol. The molecule has 1 aliphatic carbocycles. The van der Waals surface area contributed by atoms with E-state index in [-0.39, 0.29) is 23.7 Å². The van der Waals surface area contributed by atoms with E-state index >= 15 is 0 Å². The third kappa shape index (κ3) is 4.56. The molecule has 0 atom stereocenters. The highest BCUT2D eigenvalue weighted by Gasteiger charge is 2.30. The lowest BCUT2D eigenvalue weighted by molar-refractivity contribution is -0.125. The van der Waals surface area contributed by atoms with Crippen molar-refractivity contribution in [3.8, 4) is 0 Å². The van der Waals surface area contributed by atoms with Gasteiger partial charge >= 0.3 is 0 Å². The molecule has 1 fully saturated rings. The summed E-state index contributed by atoms with van der Waals surface area (Å²) in [5.41, 5.74) is 0.505. The van der Waals surface area contributed by atoms with Crippen molar-refractivity contribution >= 4 is 46.5 Å². The van der Waals surface area contributed by atoms with Crippen molar-refractivity contribution in [2.24, 2.45) is 11.8 Å². The number of hydrogen-bond donors (Lipinski definition) is 2. The Kier molecular flexibility index (Phi) is 5.84. The number of aryl methyl sites for hydroxylation is 1. The smallest absolute Gasteiger partial charge is 0.228 e. The van der Waals surface area contributed by atoms with Crippen molar-refractivity contribution in [1.29, 1.82) is 0 Å². The zero-order chi connectivity index (χ0) is 18.7. The van der Waals surface area contributed by atoms with Gasteiger partial charge in [-0.1, -0.05) is 28.4 Å². The predicted molar refractivity (Wildman–Crippen MR) is 100 cm³/mol. The van der Waals surface area contributed by atoms with Crippen LogP contribution in [0.5, 0.6) is 0 Å². The maximum absolute atomic E-state index is 12.5. The number of carbonyl (C=O) groups is 2. The molecule has 138 valence electrons. The molecule has 2 N–H and O–H groups in total. The van der Waals surface area contributed by atoms with Crippen LogP contribution in [0.1, 0.15) is 31.4 Å². The van der Waals surface area contributed by atoms with E-state index in [0.29, 0.717) is 53.0 Å². The molecule has 0 unspecified atom stereocenters. The normalized spacial score (nSPS) is 19.8. The lowest BCUT2D eigenvalue weighted by Gasteiger charge is -2.26. The Balaban J connectivity index is 1.52. The number of rotatable bonds is 4. The monoisotopic (exact) mass is 395 g/mol. The first kappa shape index (κ1) is 18.7. The van der Waals surface area contributed by atoms with Crippen molar-refractivity contribution in [3.63, 3.8) is 0 Å². The Labute approximate surface area is 161 Å². The Hall–Kier alpha value is -2.05. The molecule has 2 aromatic rings. The highest BCUT2D eigenvalue weighted by atomic mass is 35.5. The molecule has 2 amide bonds. The quantitative estimate of drug-likeness (QED) is 0.787. The molecule has 26 heavy (non-hydrogen) atoms. The van der Waals surface area contributed by atoms with E-state index in [1.54, 1.807) is 31.2 Å². The van der Waals surface area contributed by atoms with E-state index in [9.17, 15) is 9.59 Å². The number of amides is 2. The van der Waals surface area contributed by atoms with Gasteiger partial charge in [-0.05, 0) is 50.8 Å². The van der Waals surface area contributed by atoms with Crippen molar-refractivity contribution in [3.05, 3.63) is 40.1 Å². The first-order valence-electron chi connectivity index (χ1n) is 8.42. The molecule has 6 nitrogen and oxygen atoms in total. The van der Waals surface area contributed by atoms with Crippen molar-refractivity contribution < 1.29 is 14.1 Å². The largest absolute Gasteiger partial charge is 0.360 e. The SMILES string of the molecule is Cc1cc(NC(=O)C2CCC(C(=O)Nc3cc(Cl)ccc3Cl)CC2)no1. The number of hydrogen-bond acceptors (Lipinski definition) is 4. The first-order chi connectivity index (χ1) is 12.4. The van der Waals surface area contributed by atoms with Crippen LogP contribution in [-0.4, -0.2) is 17.0 Å². The number of aromatic nitrogens is 1. The van der Waals surface area contributed by atoms with E-state index in [1.165, 1.54) is 0 Å². The van der Waals surface area contributed by atoms with Crippen LogP contribution < -0.4 is 10.6 Å². The van der Waals surface area contributed by atoms with E-state index in [0.717, 1.165) is 0 Å². The van der Waals surface area contributed by atoms with Crippen molar-refractivity contribution in [1.82, 2.24) is 5.16 Å². The second-order valence-electron chi connectivity index (χ2n) is 6.47. The summed E-state index contributed by atoms with van der Waals surface area (Å²) in [5.74, 6) is 0.590. The van der Waals surface area contributed by atoms with Crippen LogP contribution >= 0.6 is 23.2 Å². The minimum absolute atomic E-state index is 0.0879. The van der Waals surface area contributed by atoms with E-state index in [1.807, 2.05) is 0 Å². The maximum Gasteiger partial charge on any atom is 0.228 e. The van der Waals surface area contributed by atoms with Crippen LogP contribution in [-0.2, 0) is 9.59 Å². The molecular weight excluding hydrogens is 377 g/mol. The van der Waals surface area contributed by atoms with Gasteiger partial charge in [0, 0.05) is 22.9 Å². The second kappa shape index (κ2) is 8.10. The second-order valence-corrected chi connectivity index (χ2v) is 7.32. The Morgan fingerprint density at radius 2 is 1.65 bits per heavy atom. The Bertz CT molecular complexity index is 814. The fourth-order valence-corrected chi connectivity index (χ4v) is 3.44. The summed E-state index contributed by atoms with van der Waals surface area (Å²) < 4.78 is 4.94.